The molecule has 1 heterocycles. The first-order valence-electron chi connectivity index (χ1n) is 14.3. The number of ether oxygens (including phenoxy) is 2. The topological polar surface area (TPSA) is 141 Å². The van der Waals surface area contributed by atoms with Gasteiger partial charge in [0.25, 0.3) is 5.91 Å². The number of rotatable bonds is 13. The molecule has 3 N–H and O–H groups in total. The number of carbonyl (C=O) groups excluding carboxylic acids is 1. The Bertz CT molecular complexity index is 1610. The Balaban J connectivity index is 1.64. The Morgan fingerprint density at radius 2 is 1.68 bits per heavy atom. The van der Waals surface area contributed by atoms with Gasteiger partial charge in [0.1, 0.15) is 11.9 Å². The lowest BCUT2D eigenvalue weighted by Crippen LogP contribution is -2.55. The second-order valence-electron chi connectivity index (χ2n) is 10.6. The lowest BCUT2D eigenvalue weighted by atomic mass is 9.84. The van der Waals surface area contributed by atoms with Gasteiger partial charge in [-0.1, -0.05) is 29.4 Å². The van der Waals surface area contributed by atoms with Crippen LogP contribution in [-0.4, -0.2) is 41.8 Å². The highest BCUT2D eigenvalue weighted by Crippen LogP contribution is 2.37. The number of azide groups is 1. The van der Waals surface area contributed by atoms with Crippen LogP contribution in [0.3, 0.4) is 0 Å². The van der Waals surface area contributed by atoms with E-state index in [4.69, 9.17) is 20.1 Å². The van der Waals surface area contributed by atoms with Crippen molar-refractivity contribution in [3.8, 4) is 5.75 Å². The largest absolute Gasteiger partial charge is 0.494 e. The molecule has 0 saturated carbocycles. The summed E-state index contributed by atoms with van der Waals surface area (Å²) in [5, 5.41) is 12.6. The summed E-state index contributed by atoms with van der Waals surface area (Å²) in [6.07, 6.45) is -10.6. The minimum absolute atomic E-state index is 0.0203. The number of amides is 1. The number of halogens is 6. The van der Waals surface area contributed by atoms with E-state index in [1.807, 2.05) is 0 Å². The van der Waals surface area contributed by atoms with E-state index in [0.717, 1.165) is 0 Å². The van der Waals surface area contributed by atoms with Gasteiger partial charge in [0, 0.05) is 36.5 Å². The Kier molecular flexibility index (Phi) is 11.0. The van der Waals surface area contributed by atoms with Crippen molar-refractivity contribution in [3.63, 3.8) is 0 Å². The molecule has 0 aromatic heterocycles. The first-order chi connectivity index (χ1) is 22.3. The van der Waals surface area contributed by atoms with Gasteiger partial charge in [-0.15, -0.1) is 0 Å². The van der Waals surface area contributed by atoms with Crippen molar-refractivity contribution in [2.45, 2.75) is 56.9 Å². The highest BCUT2D eigenvalue weighted by atomic mass is 19.4. The van der Waals surface area contributed by atoms with E-state index < -0.39 is 47.6 Å². The number of aliphatic hydroxyl groups excluding tert-OH is 1. The Labute approximate surface area is 265 Å². The highest BCUT2D eigenvalue weighted by Gasteiger charge is 2.50. The predicted octanol–water partition coefficient (Wildman–Crippen LogP) is 6.26. The molecule has 3 aromatic rings. The van der Waals surface area contributed by atoms with Gasteiger partial charge in [-0.2, -0.15) is 26.3 Å². The summed E-state index contributed by atoms with van der Waals surface area (Å²) in [7, 11) is 0. The molecule has 0 saturated heterocycles. The third kappa shape index (κ3) is 8.73. The van der Waals surface area contributed by atoms with Crippen LogP contribution < -0.4 is 15.6 Å². The number of hydrazine groups is 1. The van der Waals surface area contributed by atoms with Crippen LogP contribution in [0.1, 0.15) is 46.7 Å². The molecular formula is C31H30F6N6O4. The maximum absolute atomic E-state index is 13.9. The van der Waals surface area contributed by atoms with Gasteiger partial charge in [-0.3, -0.25) is 10.2 Å². The number of benzene rings is 3. The van der Waals surface area contributed by atoms with E-state index in [1.54, 1.807) is 55.5 Å². The van der Waals surface area contributed by atoms with Gasteiger partial charge in [-0.25, -0.2) is 10.4 Å². The average Bonchev–Trinajstić information content (AvgIpc) is 3.36. The van der Waals surface area contributed by atoms with E-state index in [1.165, 1.54) is 0 Å². The molecule has 16 heteroatoms. The molecule has 1 aliphatic rings. The molecule has 4 rings (SSSR count). The molecule has 0 radical (unpaired) electrons. The lowest BCUT2D eigenvalue weighted by Gasteiger charge is -2.29. The van der Waals surface area contributed by atoms with Crippen molar-refractivity contribution in [1.82, 2.24) is 10.9 Å². The summed E-state index contributed by atoms with van der Waals surface area (Å²) in [5.74, 6) is -0.141. The number of aliphatic hydroxyl groups is 1. The van der Waals surface area contributed by atoms with Gasteiger partial charge < -0.3 is 14.6 Å². The fourth-order valence-electron chi connectivity index (χ4n) is 4.88. The quantitative estimate of drug-likeness (QED) is 0.0494. The van der Waals surface area contributed by atoms with Crippen molar-refractivity contribution in [1.29, 1.82) is 0 Å². The molecule has 0 unspecified atom stereocenters. The minimum atomic E-state index is -5.03. The van der Waals surface area contributed by atoms with E-state index >= 15 is 0 Å². The third-order valence-corrected chi connectivity index (χ3v) is 7.35. The molecule has 1 amide bonds. The van der Waals surface area contributed by atoms with Crippen LogP contribution in [0.2, 0.25) is 0 Å². The molecule has 0 fully saturated rings. The maximum atomic E-state index is 13.9. The molecule has 3 aromatic carbocycles. The minimum Gasteiger partial charge on any atom is -0.494 e. The molecule has 0 spiro atoms. The number of carbonyl (C=O) groups is 1. The SMILES string of the molecule is C[C@@H]1OC(c2ccc(OCCCO)cc2)=N[C@]1(Cc1ccccc1CN=[N+]=[N-])C(=O)NNCc1cc(C(F)(F)F)cc(C(F)(F)F)c1. The highest BCUT2D eigenvalue weighted by molar-refractivity contribution is 6.00. The van der Waals surface area contributed by atoms with E-state index in [2.05, 4.69) is 25.9 Å². The zero-order valence-electron chi connectivity index (χ0n) is 24.9. The summed E-state index contributed by atoms with van der Waals surface area (Å²) in [4.78, 5) is 21.3. The zero-order valence-corrected chi connectivity index (χ0v) is 24.9. The van der Waals surface area contributed by atoms with Crippen LogP contribution >= 0.6 is 0 Å². The second-order valence-corrected chi connectivity index (χ2v) is 10.6. The first kappa shape index (κ1) is 35.1. The summed E-state index contributed by atoms with van der Waals surface area (Å²) >= 11 is 0. The molecule has 0 aliphatic carbocycles. The third-order valence-electron chi connectivity index (χ3n) is 7.35. The maximum Gasteiger partial charge on any atom is 0.416 e. The summed E-state index contributed by atoms with van der Waals surface area (Å²) in [5.41, 5.74) is 10.4. The molecule has 2 atom stereocenters. The van der Waals surface area contributed by atoms with Gasteiger partial charge in [0.15, 0.2) is 5.54 Å². The Hall–Kier alpha value is -4.79. The second kappa shape index (κ2) is 14.8. The normalized spacial score (nSPS) is 17.8. The van der Waals surface area contributed by atoms with Crippen LogP contribution in [0.5, 0.6) is 5.75 Å². The van der Waals surface area contributed by atoms with Crippen LogP contribution in [0.25, 0.3) is 10.4 Å². The number of hydrogen-bond acceptors (Lipinski definition) is 7. The number of nitrogens with one attached hydrogen (secondary N) is 2. The Morgan fingerprint density at radius 1 is 1.04 bits per heavy atom. The van der Waals surface area contributed by atoms with Crippen LogP contribution in [-0.2, 0) is 41.4 Å². The number of hydrogen-bond donors (Lipinski definition) is 3. The van der Waals surface area contributed by atoms with Crippen molar-refractivity contribution in [3.05, 3.63) is 111 Å². The van der Waals surface area contributed by atoms with Crippen molar-refractivity contribution < 1.29 is 45.7 Å². The van der Waals surface area contributed by atoms with Gasteiger partial charge in [0.2, 0.25) is 5.90 Å². The van der Waals surface area contributed by atoms with Crippen molar-refractivity contribution >= 4 is 11.8 Å². The monoisotopic (exact) mass is 664 g/mol. The predicted molar refractivity (Wildman–Crippen MR) is 158 cm³/mol. The summed E-state index contributed by atoms with van der Waals surface area (Å²) in [6, 6.07) is 14.6. The van der Waals surface area contributed by atoms with E-state index in [0.29, 0.717) is 47.6 Å². The van der Waals surface area contributed by atoms with Crippen LogP contribution in [0.4, 0.5) is 26.3 Å². The van der Waals surface area contributed by atoms with Crippen molar-refractivity contribution in [2.75, 3.05) is 13.2 Å². The first-order valence-corrected chi connectivity index (χ1v) is 14.3. The number of nitrogens with zero attached hydrogens (tertiary/aromatic N) is 4. The summed E-state index contributed by atoms with van der Waals surface area (Å²) in [6.45, 7) is 1.27. The number of alkyl halides is 6. The van der Waals surface area contributed by atoms with Gasteiger partial charge >= 0.3 is 12.4 Å². The zero-order chi connectivity index (χ0) is 34.2. The van der Waals surface area contributed by atoms with E-state index in [-0.39, 0.29) is 37.1 Å². The Morgan fingerprint density at radius 3 is 2.28 bits per heavy atom. The number of aliphatic imine (C=N–C) groups is 1. The molecule has 250 valence electrons. The van der Waals surface area contributed by atoms with Gasteiger partial charge in [0.05, 0.1) is 24.3 Å². The van der Waals surface area contributed by atoms with Gasteiger partial charge in [-0.05, 0) is 71.6 Å². The lowest BCUT2D eigenvalue weighted by molar-refractivity contribution is -0.143. The van der Waals surface area contributed by atoms with E-state index in [9.17, 15) is 31.1 Å². The molecule has 47 heavy (non-hydrogen) atoms. The summed E-state index contributed by atoms with van der Waals surface area (Å²) < 4.78 is 91.6. The van der Waals surface area contributed by atoms with Crippen LogP contribution in [0, 0.1) is 0 Å². The van der Waals surface area contributed by atoms with Crippen LogP contribution in [0.15, 0.2) is 76.8 Å². The van der Waals surface area contributed by atoms with Crippen molar-refractivity contribution in [2.24, 2.45) is 10.1 Å². The molecule has 1 aliphatic heterocycles. The smallest absolute Gasteiger partial charge is 0.416 e. The fourth-order valence-corrected chi connectivity index (χ4v) is 4.88. The molecular weight excluding hydrogens is 634 g/mol. The molecule has 10 nitrogen and oxygen atoms in total. The fraction of sp³-hybridized carbons (Fsp3) is 0.355. The standard InChI is InChI=1S/C31H30F6N6O4/c1-19-29(16-22-5-2-3-6-23(22)18-40-43-38,41-27(47-19)21-7-9-26(10-8-21)46-12-4-11-44)28(45)42-39-17-20-13-24(30(32,33)34)15-25(14-20)31(35,36)37/h2-3,5-10,13-15,19,39,44H,4,11-12,16-18H2,1H3,(H,42,45)/t19-,29-/m0/s1. The average molecular weight is 665 g/mol. The molecule has 0 bridgehead atoms.